The van der Waals surface area contributed by atoms with Crippen molar-refractivity contribution in [3.8, 4) is 11.5 Å². The third kappa shape index (κ3) is 7.24. The Morgan fingerprint density at radius 2 is 1.67 bits per heavy atom. The number of aliphatic hydroxyl groups is 1. The van der Waals surface area contributed by atoms with E-state index in [2.05, 4.69) is 0 Å². The Balaban J connectivity index is 0. The van der Waals surface area contributed by atoms with Crippen LogP contribution in [-0.4, -0.2) is 51.6 Å². The fourth-order valence-corrected chi connectivity index (χ4v) is 4.17. The second kappa shape index (κ2) is 12.3. The molecule has 14 nitrogen and oxygen atoms in total. The number of nitrogens with zero attached hydrogens (tertiary/aromatic N) is 1. The first-order chi connectivity index (χ1) is 12.7. The first-order valence-corrected chi connectivity index (χ1v) is 10.3. The van der Waals surface area contributed by atoms with Crippen LogP contribution < -0.4 is 83.7 Å². The van der Waals surface area contributed by atoms with E-state index in [1.54, 1.807) is 0 Å². The van der Waals surface area contributed by atoms with Gasteiger partial charge in [0.05, 0.1) is 30.8 Å². The summed E-state index contributed by atoms with van der Waals surface area (Å²) in [6.07, 6.45) is -1.33. The van der Waals surface area contributed by atoms with E-state index in [0.717, 1.165) is 26.4 Å². The molecule has 0 saturated heterocycles. The Hall–Kier alpha value is -0.0500. The molecule has 0 aliphatic carbocycles. The number of nitrogens with one attached hydrogen (secondary N) is 1. The van der Waals surface area contributed by atoms with Crippen LogP contribution >= 0.6 is 15.2 Å². The zero-order valence-corrected chi connectivity index (χ0v) is 22.2. The maximum atomic E-state index is 12.3. The van der Waals surface area contributed by atoms with E-state index >= 15 is 0 Å². The minimum atomic E-state index is -6.00. The van der Waals surface area contributed by atoms with Gasteiger partial charge >= 0.3 is 59.1 Å². The summed E-state index contributed by atoms with van der Waals surface area (Å²) in [6, 6.07) is 1.80. The molecule has 1 rings (SSSR count). The Morgan fingerprint density at radius 1 is 1.17 bits per heavy atom. The molecule has 18 heteroatoms. The second-order valence-corrected chi connectivity index (χ2v) is 9.22. The molecule has 1 amide bonds. The molecule has 0 aliphatic heterocycles. The molecule has 1 aromatic carbocycles. The van der Waals surface area contributed by atoms with Crippen molar-refractivity contribution < 1.29 is 112 Å². The summed E-state index contributed by atoms with van der Waals surface area (Å²) in [5.41, 5.74) is -0.959. The van der Waals surface area contributed by atoms with Crippen molar-refractivity contribution in [2.75, 3.05) is 20.8 Å². The number of nitro benzene ring substituents is 1. The van der Waals surface area contributed by atoms with Crippen LogP contribution in [-0.2, 0) is 9.13 Å². The van der Waals surface area contributed by atoms with E-state index in [9.17, 15) is 38.9 Å². The van der Waals surface area contributed by atoms with E-state index in [4.69, 9.17) is 19.3 Å². The Kier molecular flexibility index (Phi) is 13.1. The molecule has 0 saturated carbocycles. The summed E-state index contributed by atoms with van der Waals surface area (Å²) in [6.45, 7) is -0.872. The minimum Gasteiger partial charge on any atom is -0.776 e. The molecule has 4 N–H and O–H groups in total. The predicted molar refractivity (Wildman–Crippen MR) is 87.8 cm³/mol. The van der Waals surface area contributed by atoms with E-state index in [1.165, 1.54) is 0 Å². The van der Waals surface area contributed by atoms with Gasteiger partial charge in [0.2, 0.25) is 0 Å². The molecule has 0 fully saturated rings. The van der Waals surface area contributed by atoms with Gasteiger partial charge in [-0.2, -0.15) is 0 Å². The molecule has 0 aromatic heterocycles. The average molecular weight is 488 g/mol. The molecule has 0 spiro atoms. The van der Waals surface area contributed by atoms with Crippen LogP contribution in [0.5, 0.6) is 11.5 Å². The largest absolute Gasteiger partial charge is 1.00 e. The van der Waals surface area contributed by atoms with E-state index < -0.39 is 55.3 Å². The summed E-state index contributed by atoms with van der Waals surface area (Å²) >= 11 is 0. The molecule has 0 radical (unpaired) electrons. The topological polar surface area (TPSA) is 232 Å². The van der Waals surface area contributed by atoms with Crippen molar-refractivity contribution in [2.45, 2.75) is 11.5 Å². The Labute approximate surface area is 214 Å². The molecule has 30 heavy (non-hydrogen) atoms. The number of carbonyl (C=O) groups excluding carboxylic acids is 1. The number of non-ortho nitro benzene ring substituents is 1. The molecule has 2 atom stereocenters. The van der Waals surface area contributed by atoms with Gasteiger partial charge in [-0.1, -0.05) is 0 Å². The zero-order chi connectivity index (χ0) is 21.9. The average Bonchev–Trinajstić information content (AvgIpc) is 2.57. The number of rotatable bonds is 9. The molecule has 0 bridgehead atoms. The summed E-state index contributed by atoms with van der Waals surface area (Å²) in [7, 11) is -9.70. The fourth-order valence-electron chi connectivity index (χ4n) is 2.11. The molecular weight excluding hydrogens is 472 g/mol. The number of carbonyl (C=O) groups is 1. The van der Waals surface area contributed by atoms with E-state index in [-0.39, 0.29) is 70.6 Å². The molecule has 0 aliphatic rings. The van der Waals surface area contributed by atoms with Gasteiger partial charge < -0.3 is 48.6 Å². The second-order valence-electron chi connectivity index (χ2n) is 5.31. The first-order valence-electron chi connectivity index (χ1n) is 7.18. The van der Waals surface area contributed by atoms with Gasteiger partial charge in [0.1, 0.15) is 0 Å². The van der Waals surface area contributed by atoms with Crippen LogP contribution in [0.15, 0.2) is 12.1 Å². The summed E-state index contributed by atoms with van der Waals surface area (Å²) in [5, 5.41) is 18.7. The van der Waals surface area contributed by atoms with E-state index in [0.29, 0.717) is 0 Å². The number of hydrogen-bond donors (Lipinski definition) is 4. The van der Waals surface area contributed by atoms with Gasteiger partial charge in [-0.05, 0) is 0 Å². The third-order valence-electron chi connectivity index (χ3n) is 3.57. The number of methoxy groups -OCH3 is 2. The maximum absolute atomic E-state index is 12.3. The van der Waals surface area contributed by atoms with Crippen LogP contribution in [0.4, 0.5) is 5.69 Å². The SMILES string of the molecule is COc1cc([N+](=O)[O-])cc(C(=O)NCCC(O)(P(=O)([O-])O)P(=O)([O-])O)c1OC.[Na+].[Na+]. The van der Waals surface area contributed by atoms with Crippen molar-refractivity contribution in [2.24, 2.45) is 0 Å². The summed E-state index contributed by atoms with van der Waals surface area (Å²) < 4.78 is 32.1. The molecule has 1 aromatic rings. The smallest absolute Gasteiger partial charge is 0.776 e. The van der Waals surface area contributed by atoms with Crippen molar-refractivity contribution >= 4 is 26.8 Å². The van der Waals surface area contributed by atoms with Crippen LogP contribution in [0.2, 0.25) is 0 Å². The standard InChI is InChI=1S/C12H18N2O12P2.2Na/c1-25-9-6-7(14(17)18)5-8(10(9)26-2)11(15)13-4-3-12(16,27(19,20)21)28(22,23)24;;/h5-6,16H,3-4H2,1-2H3,(H,13,15)(H2,19,20,21)(H2,22,23,24);;/q;2*+1/p-2. The summed E-state index contributed by atoms with van der Waals surface area (Å²) in [5.74, 6) is -1.47. The predicted octanol–water partition coefficient (Wildman–Crippen LogP) is -7.52. The zero-order valence-electron chi connectivity index (χ0n) is 16.4. The number of amides is 1. The van der Waals surface area contributed by atoms with Gasteiger partial charge in [0.25, 0.3) is 11.6 Å². The third-order valence-corrected chi connectivity index (χ3v) is 7.34. The fraction of sp³-hybridized carbons (Fsp3) is 0.417. The van der Waals surface area contributed by atoms with Gasteiger partial charge in [0.15, 0.2) is 31.8 Å². The first kappa shape index (κ1) is 32.1. The van der Waals surface area contributed by atoms with Crippen molar-refractivity contribution in [1.29, 1.82) is 0 Å². The quantitative estimate of drug-likeness (QED) is 0.110. The summed E-state index contributed by atoms with van der Waals surface area (Å²) in [4.78, 5) is 62.5. The number of ether oxygens (including phenoxy) is 2. The maximum Gasteiger partial charge on any atom is 1.00 e. The number of nitro groups is 1. The number of hydrogen-bond acceptors (Lipinski definition) is 10. The van der Waals surface area contributed by atoms with Crippen molar-refractivity contribution in [3.05, 3.63) is 27.8 Å². The molecule has 2 unspecified atom stereocenters. The Bertz CT molecular complexity index is 849. The van der Waals surface area contributed by atoms with Gasteiger partial charge in [-0.3, -0.25) is 14.9 Å². The van der Waals surface area contributed by atoms with Crippen LogP contribution in [0.3, 0.4) is 0 Å². The van der Waals surface area contributed by atoms with Crippen molar-refractivity contribution in [1.82, 2.24) is 5.32 Å². The van der Waals surface area contributed by atoms with Gasteiger partial charge in [-0.25, -0.2) is 0 Å². The monoisotopic (exact) mass is 488 g/mol. The van der Waals surface area contributed by atoms with Crippen LogP contribution in [0.1, 0.15) is 16.8 Å². The van der Waals surface area contributed by atoms with E-state index in [1.807, 2.05) is 5.32 Å². The van der Waals surface area contributed by atoms with Crippen LogP contribution in [0.25, 0.3) is 0 Å². The molecule has 158 valence electrons. The molecule has 0 heterocycles. The molecular formula is C12H16N2Na2O12P2. The normalized spacial score (nSPS) is 16.4. The minimum absolute atomic E-state index is 0. The van der Waals surface area contributed by atoms with Gasteiger partial charge in [0, 0.05) is 19.0 Å². The van der Waals surface area contributed by atoms with Gasteiger partial charge in [-0.15, -0.1) is 0 Å². The van der Waals surface area contributed by atoms with Crippen molar-refractivity contribution in [3.63, 3.8) is 0 Å². The Morgan fingerprint density at radius 3 is 2.03 bits per heavy atom. The number of benzene rings is 1. The van der Waals surface area contributed by atoms with Crippen LogP contribution in [0, 0.1) is 10.1 Å².